The Balaban J connectivity index is 2.87. The van der Waals surface area contributed by atoms with Crippen LogP contribution in [-0.4, -0.2) is 39.7 Å². The van der Waals surface area contributed by atoms with Gasteiger partial charge < -0.3 is 16.0 Å². The van der Waals surface area contributed by atoms with Gasteiger partial charge in [0.2, 0.25) is 0 Å². The van der Waals surface area contributed by atoms with Gasteiger partial charge in [0.1, 0.15) is 5.82 Å². The van der Waals surface area contributed by atoms with Gasteiger partial charge in [-0.3, -0.25) is 4.79 Å². The van der Waals surface area contributed by atoms with Crippen molar-refractivity contribution in [3.8, 4) is 0 Å². The summed E-state index contributed by atoms with van der Waals surface area (Å²) in [6.45, 7) is 0. The lowest BCUT2D eigenvalue weighted by molar-refractivity contribution is 0.0996. The van der Waals surface area contributed by atoms with Crippen LogP contribution < -0.4 is 11.5 Å². The summed E-state index contributed by atoms with van der Waals surface area (Å²) in [6, 6.07) is 5.26. The van der Waals surface area contributed by atoms with Crippen molar-refractivity contribution in [3.05, 3.63) is 35.1 Å². The van der Waals surface area contributed by atoms with Crippen molar-refractivity contribution in [2.24, 2.45) is 11.5 Å². The number of primary amides is 1. The third-order valence-corrected chi connectivity index (χ3v) is 5.13. The molecular formula is C11H17FN3OSi. The summed E-state index contributed by atoms with van der Waals surface area (Å²) >= 11 is 0. The van der Waals surface area contributed by atoms with Crippen molar-refractivity contribution in [2.75, 3.05) is 20.3 Å². The van der Waals surface area contributed by atoms with Crippen molar-refractivity contribution < 1.29 is 9.18 Å². The Kier molecular flexibility index (Phi) is 4.80. The van der Waals surface area contributed by atoms with Gasteiger partial charge in [-0.15, -0.1) is 0 Å². The average molecular weight is 254 g/mol. The third kappa shape index (κ3) is 3.62. The summed E-state index contributed by atoms with van der Waals surface area (Å²) < 4.78 is 15.6. The quantitative estimate of drug-likeness (QED) is 0.730. The van der Waals surface area contributed by atoms with Crippen molar-refractivity contribution in [1.82, 2.24) is 4.57 Å². The SMILES string of the molecule is CN(C)[Si](CN)Cc1ccc(C(N)=O)c(F)c1. The lowest BCUT2D eigenvalue weighted by Gasteiger charge is -2.20. The summed E-state index contributed by atoms with van der Waals surface area (Å²) in [5.41, 5.74) is 11.5. The first-order valence-corrected chi connectivity index (χ1v) is 7.12. The van der Waals surface area contributed by atoms with Gasteiger partial charge in [0.25, 0.3) is 5.91 Å². The summed E-state index contributed by atoms with van der Waals surface area (Å²) in [6.07, 6.45) is 0.594. The van der Waals surface area contributed by atoms with Crippen molar-refractivity contribution in [3.63, 3.8) is 0 Å². The molecule has 0 fully saturated rings. The second-order valence-electron chi connectivity index (χ2n) is 4.02. The highest BCUT2D eigenvalue weighted by molar-refractivity contribution is 6.55. The Morgan fingerprint density at radius 1 is 1.47 bits per heavy atom. The number of carbonyl (C=O) groups is 1. The molecule has 0 spiro atoms. The van der Waals surface area contributed by atoms with Gasteiger partial charge in [-0.05, 0) is 37.8 Å². The normalized spacial score (nSPS) is 11.2. The standard InChI is InChI=1S/C11H17FN3OSi/c1-15(2)17(7-13)6-8-3-4-9(11(14)16)10(12)5-8/h3-5H,6-7,13H2,1-2H3,(H2,14,16). The molecule has 1 rings (SSSR count). The van der Waals surface area contributed by atoms with E-state index in [0.29, 0.717) is 6.17 Å². The van der Waals surface area contributed by atoms with E-state index < -0.39 is 20.7 Å². The van der Waals surface area contributed by atoms with Crippen LogP contribution in [0.15, 0.2) is 18.2 Å². The van der Waals surface area contributed by atoms with Crippen molar-refractivity contribution >= 4 is 14.9 Å². The summed E-state index contributed by atoms with van der Waals surface area (Å²) in [4.78, 5) is 10.9. The Bertz CT molecular complexity index is 412. The predicted molar refractivity (Wildman–Crippen MR) is 67.1 cm³/mol. The molecule has 0 heterocycles. The van der Waals surface area contributed by atoms with E-state index in [4.69, 9.17) is 11.5 Å². The smallest absolute Gasteiger partial charge is 0.251 e. The zero-order chi connectivity index (χ0) is 13.0. The topological polar surface area (TPSA) is 72.3 Å². The lowest BCUT2D eigenvalue weighted by Crippen LogP contribution is -2.42. The first-order valence-electron chi connectivity index (χ1n) is 5.26. The molecule has 1 amide bonds. The molecule has 0 saturated carbocycles. The fourth-order valence-electron chi connectivity index (χ4n) is 1.52. The second kappa shape index (κ2) is 5.90. The first kappa shape index (κ1) is 13.8. The molecule has 0 saturated heterocycles. The summed E-state index contributed by atoms with van der Waals surface area (Å²) in [5, 5.41) is 0. The molecule has 0 bridgehead atoms. The van der Waals surface area contributed by atoms with Gasteiger partial charge in [0.05, 0.1) is 5.56 Å². The largest absolute Gasteiger partial charge is 0.366 e. The molecule has 0 aromatic heterocycles. The molecule has 1 radical (unpaired) electrons. The maximum absolute atomic E-state index is 13.5. The molecule has 0 aliphatic rings. The number of amides is 1. The van der Waals surface area contributed by atoms with Crippen molar-refractivity contribution in [2.45, 2.75) is 6.04 Å². The average Bonchev–Trinajstić information content (AvgIpc) is 2.24. The van der Waals surface area contributed by atoms with Crippen molar-refractivity contribution in [1.29, 1.82) is 0 Å². The third-order valence-electron chi connectivity index (χ3n) is 2.58. The highest BCUT2D eigenvalue weighted by atomic mass is 28.3. The van der Waals surface area contributed by atoms with E-state index in [1.54, 1.807) is 6.07 Å². The number of carbonyl (C=O) groups excluding carboxylic acids is 1. The number of hydrogen-bond acceptors (Lipinski definition) is 3. The van der Waals surface area contributed by atoms with E-state index in [1.165, 1.54) is 12.1 Å². The van der Waals surface area contributed by atoms with E-state index in [-0.39, 0.29) is 5.56 Å². The molecule has 17 heavy (non-hydrogen) atoms. The fourth-order valence-corrected chi connectivity index (χ4v) is 3.03. The van der Waals surface area contributed by atoms with E-state index in [9.17, 15) is 9.18 Å². The zero-order valence-electron chi connectivity index (χ0n) is 10.0. The molecule has 4 nitrogen and oxygen atoms in total. The number of hydrogen-bond donors (Lipinski definition) is 2. The van der Waals surface area contributed by atoms with Gasteiger partial charge in [0, 0.05) is 6.17 Å². The van der Waals surface area contributed by atoms with Crippen LogP contribution in [0.2, 0.25) is 0 Å². The van der Waals surface area contributed by atoms with Crippen LogP contribution in [0.3, 0.4) is 0 Å². The number of nitrogens with two attached hydrogens (primary N) is 2. The van der Waals surface area contributed by atoms with Gasteiger partial charge in [0.15, 0.2) is 8.96 Å². The van der Waals surface area contributed by atoms with E-state index in [2.05, 4.69) is 4.57 Å². The first-order chi connectivity index (χ1) is 7.95. The Morgan fingerprint density at radius 2 is 2.12 bits per heavy atom. The van der Waals surface area contributed by atoms with Crippen LogP contribution in [0.25, 0.3) is 0 Å². The second-order valence-corrected chi connectivity index (χ2v) is 6.81. The maximum Gasteiger partial charge on any atom is 0.251 e. The van der Waals surface area contributed by atoms with Gasteiger partial charge in [-0.25, -0.2) is 4.39 Å². The van der Waals surface area contributed by atoms with E-state index in [1.807, 2.05) is 14.1 Å². The highest BCUT2D eigenvalue weighted by Gasteiger charge is 2.15. The predicted octanol–water partition coefficient (Wildman–Crippen LogP) is 0.0573. The lowest BCUT2D eigenvalue weighted by atomic mass is 10.1. The number of rotatable bonds is 5. The van der Waals surface area contributed by atoms with Crippen LogP contribution in [0.5, 0.6) is 0 Å². The summed E-state index contributed by atoms with van der Waals surface area (Å²) in [7, 11) is 3.06. The highest BCUT2D eigenvalue weighted by Crippen LogP contribution is 2.11. The monoisotopic (exact) mass is 254 g/mol. The molecule has 0 atom stereocenters. The molecular weight excluding hydrogens is 237 g/mol. The Morgan fingerprint density at radius 3 is 2.53 bits per heavy atom. The molecule has 0 unspecified atom stereocenters. The van der Waals surface area contributed by atoms with Crippen LogP contribution in [0.4, 0.5) is 4.39 Å². The molecule has 4 N–H and O–H groups in total. The molecule has 93 valence electrons. The Labute approximate surface area is 102 Å². The van der Waals surface area contributed by atoms with Crippen LogP contribution in [0, 0.1) is 5.82 Å². The molecule has 1 aromatic carbocycles. The Hall–Kier alpha value is -1.24. The van der Waals surface area contributed by atoms with Crippen LogP contribution >= 0.6 is 0 Å². The van der Waals surface area contributed by atoms with E-state index >= 15 is 0 Å². The number of benzene rings is 1. The minimum Gasteiger partial charge on any atom is -0.366 e. The molecule has 0 aliphatic carbocycles. The van der Waals surface area contributed by atoms with Crippen LogP contribution in [0.1, 0.15) is 15.9 Å². The molecule has 0 aliphatic heterocycles. The number of halogens is 1. The number of nitrogens with zero attached hydrogens (tertiary/aromatic N) is 1. The molecule has 1 aromatic rings. The molecule has 6 heteroatoms. The van der Waals surface area contributed by atoms with E-state index in [0.717, 1.165) is 11.6 Å². The van der Waals surface area contributed by atoms with Gasteiger partial charge in [-0.2, -0.15) is 0 Å². The van der Waals surface area contributed by atoms with Gasteiger partial charge in [-0.1, -0.05) is 6.07 Å². The maximum atomic E-state index is 13.5. The summed E-state index contributed by atoms with van der Waals surface area (Å²) in [5.74, 6) is -1.31. The fraction of sp³-hybridized carbons (Fsp3) is 0.364. The van der Waals surface area contributed by atoms with Crippen LogP contribution in [-0.2, 0) is 6.04 Å². The zero-order valence-corrected chi connectivity index (χ0v) is 11.0. The minimum atomic E-state index is -0.874. The minimum absolute atomic E-state index is 0.0693. The van der Waals surface area contributed by atoms with Gasteiger partial charge >= 0.3 is 0 Å².